The first-order valence-electron chi connectivity index (χ1n) is 12.4. The molecule has 3 rings (SSSR count). The molecule has 1 N–H and O–H groups in total. The summed E-state index contributed by atoms with van der Waals surface area (Å²) in [6, 6.07) is 23.5. The Morgan fingerprint density at radius 2 is 1.46 bits per heavy atom. The minimum Gasteiger partial charge on any atom is -0.497 e. The van der Waals surface area contributed by atoms with E-state index in [-0.39, 0.29) is 30.9 Å². The third-order valence-corrected chi connectivity index (χ3v) is 5.86. The van der Waals surface area contributed by atoms with Crippen molar-refractivity contribution in [2.45, 2.75) is 32.9 Å². The van der Waals surface area contributed by atoms with E-state index < -0.39 is 6.04 Å². The maximum absolute atomic E-state index is 13.6. The zero-order chi connectivity index (χ0) is 26.6. The topological polar surface area (TPSA) is 77.1 Å². The maximum Gasteiger partial charge on any atom is 0.261 e. The molecule has 3 aromatic carbocycles. The van der Waals surface area contributed by atoms with Crippen molar-refractivity contribution in [3.63, 3.8) is 0 Å². The van der Waals surface area contributed by atoms with E-state index in [0.29, 0.717) is 30.2 Å². The number of benzene rings is 3. The van der Waals surface area contributed by atoms with Gasteiger partial charge in [-0.1, -0.05) is 56.3 Å². The Bertz CT molecular complexity index is 1130. The summed E-state index contributed by atoms with van der Waals surface area (Å²) in [6.45, 7) is 4.62. The molecule has 0 aliphatic rings. The van der Waals surface area contributed by atoms with Gasteiger partial charge in [-0.05, 0) is 53.4 Å². The molecule has 7 nitrogen and oxygen atoms in total. The molecule has 0 saturated carbocycles. The lowest BCUT2D eigenvalue weighted by molar-refractivity contribution is -0.142. The van der Waals surface area contributed by atoms with E-state index >= 15 is 0 Å². The highest BCUT2D eigenvalue weighted by Crippen LogP contribution is 2.20. The van der Waals surface area contributed by atoms with E-state index in [4.69, 9.17) is 14.2 Å². The molecule has 0 heterocycles. The second-order valence-electron chi connectivity index (χ2n) is 9.18. The molecular formula is C30H36N2O5. The van der Waals surface area contributed by atoms with Crippen molar-refractivity contribution in [3.8, 4) is 17.2 Å². The molecule has 1 unspecified atom stereocenters. The van der Waals surface area contributed by atoms with Gasteiger partial charge in [0.05, 0.1) is 14.2 Å². The molecule has 0 aliphatic heterocycles. The van der Waals surface area contributed by atoms with Gasteiger partial charge in [0, 0.05) is 19.5 Å². The van der Waals surface area contributed by atoms with Crippen LogP contribution < -0.4 is 19.5 Å². The highest BCUT2D eigenvalue weighted by molar-refractivity contribution is 5.88. The van der Waals surface area contributed by atoms with Crippen LogP contribution in [0.3, 0.4) is 0 Å². The predicted molar refractivity (Wildman–Crippen MR) is 144 cm³/mol. The van der Waals surface area contributed by atoms with E-state index in [9.17, 15) is 9.59 Å². The van der Waals surface area contributed by atoms with Gasteiger partial charge in [0.25, 0.3) is 5.91 Å². The number of amides is 2. The molecule has 0 saturated heterocycles. The van der Waals surface area contributed by atoms with E-state index in [2.05, 4.69) is 5.32 Å². The van der Waals surface area contributed by atoms with Crippen LogP contribution in [0.15, 0.2) is 78.9 Å². The molecule has 3 aromatic rings. The van der Waals surface area contributed by atoms with Crippen LogP contribution in [-0.4, -0.2) is 50.1 Å². The van der Waals surface area contributed by atoms with Crippen molar-refractivity contribution >= 4 is 11.8 Å². The van der Waals surface area contributed by atoms with E-state index in [0.717, 1.165) is 11.1 Å². The van der Waals surface area contributed by atoms with Crippen LogP contribution in [0.1, 0.15) is 25.0 Å². The Labute approximate surface area is 219 Å². The summed E-state index contributed by atoms with van der Waals surface area (Å²) < 4.78 is 16.4. The second kappa shape index (κ2) is 13.9. The maximum atomic E-state index is 13.6. The minimum atomic E-state index is -0.723. The SMILES string of the molecule is COc1ccc(OCC(=O)N(Cc2cccc(OC)c2)C(Cc2ccccc2)C(=O)NCC(C)C)cc1. The van der Waals surface area contributed by atoms with Gasteiger partial charge in [-0.25, -0.2) is 0 Å². The number of hydrogen-bond donors (Lipinski definition) is 1. The van der Waals surface area contributed by atoms with Crippen molar-refractivity contribution in [1.82, 2.24) is 10.2 Å². The monoisotopic (exact) mass is 504 g/mol. The number of hydrogen-bond acceptors (Lipinski definition) is 5. The molecule has 1 atom stereocenters. The summed E-state index contributed by atoms with van der Waals surface area (Å²) in [5.74, 6) is 1.71. The van der Waals surface area contributed by atoms with Crippen molar-refractivity contribution in [2.75, 3.05) is 27.4 Å². The highest BCUT2D eigenvalue weighted by Gasteiger charge is 2.30. The molecule has 0 radical (unpaired) electrons. The molecular weight excluding hydrogens is 468 g/mol. The average Bonchev–Trinajstić information content (AvgIpc) is 2.93. The molecule has 0 spiro atoms. The highest BCUT2D eigenvalue weighted by atomic mass is 16.5. The molecule has 37 heavy (non-hydrogen) atoms. The molecule has 0 aliphatic carbocycles. The smallest absolute Gasteiger partial charge is 0.261 e. The molecule has 2 amide bonds. The molecule has 0 aromatic heterocycles. The number of carbonyl (C=O) groups is 2. The Kier molecular flexibility index (Phi) is 10.4. The lowest BCUT2D eigenvalue weighted by Gasteiger charge is -2.31. The van der Waals surface area contributed by atoms with Gasteiger partial charge >= 0.3 is 0 Å². The van der Waals surface area contributed by atoms with Crippen molar-refractivity contribution < 1.29 is 23.8 Å². The largest absolute Gasteiger partial charge is 0.497 e. The summed E-state index contributed by atoms with van der Waals surface area (Å²) in [4.78, 5) is 28.7. The number of nitrogens with zero attached hydrogens (tertiary/aromatic N) is 1. The zero-order valence-corrected chi connectivity index (χ0v) is 22.0. The van der Waals surface area contributed by atoms with Crippen LogP contribution in [0.2, 0.25) is 0 Å². The van der Waals surface area contributed by atoms with Gasteiger partial charge in [0.1, 0.15) is 23.3 Å². The lowest BCUT2D eigenvalue weighted by atomic mass is 10.0. The zero-order valence-electron chi connectivity index (χ0n) is 22.0. The van der Waals surface area contributed by atoms with Gasteiger partial charge in [-0.15, -0.1) is 0 Å². The third kappa shape index (κ3) is 8.56. The Morgan fingerprint density at radius 3 is 2.11 bits per heavy atom. The minimum absolute atomic E-state index is 0.196. The molecule has 0 bridgehead atoms. The first-order valence-corrected chi connectivity index (χ1v) is 12.4. The van der Waals surface area contributed by atoms with Gasteiger partial charge in [-0.3, -0.25) is 9.59 Å². The Balaban J connectivity index is 1.89. The summed E-state index contributed by atoms with van der Waals surface area (Å²) >= 11 is 0. The van der Waals surface area contributed by atoms with E-state index in [1.54, 1.807) is 43.4 Å². The fourth-order valence-electron chi connectivity index (χ4n) is 3.84. The summed E-state index contributed by atoms with van der Waals surface area (Å²) in [7, 11) is 3.19. The number of nitrogens with one attached hydrogen (secondary N) is 1. The second-order valence-corrected chi connectivity index (χ2v) is 9.18. The quantitative estimate of drug-likeness (QED) is 0.371. The normalized spacial score (nSPS) is 11.5. The molecule has 0 fully saturated rings. The third-order valence-electron chi connectivity index (χ3n) is 5.86. The molecule has 196 valence electrons. The Hall–Kier alpha value is -4.00. The summed E-state index contributed by atoms with van der Waals surface area (Å²) in [6.07, 6.45) is 0.378. The number of carbonyl (C=O) groups excluding carboxylic acids is 2. The van der Waals surface area contributed by atoms with Crippen LogP contribution >= 0.6 is 0 Å². The fraction of sp³-hybridized carbons (Fsp3) is 0.333. The van der Waals surface area contributed by atoms with Crippen molar-refractivity contribution in [1.29, 1.82) is 0 Å². The average molecular weight is 505 g/mol. The predicted octanol–water partition coefficient (Wildman–Crippen LogP) is 4.49. The standard InChI is InChI=1S/C30H36N2O5/c1-22(2)19-31-30(34)28(18-23-9-6-5-7-10-23)32(20-24-11-8-12-27(17-24)36-4)29(33)21-37-26-15-13-25(35-3)14-16-26/h5-17,22,28H,18-21H2,1-4H3,(H,31,34). The van der Waals surface area contributed by atoms with Crippen molar-refractivity contribution in [2.24, 2.45) is 5.92 Å². The summed E-state index contributed by atoms with van der Waals surface area (Å²) in [5, 5.41) is 3.02. The van der Waals surface area contributed by atoms with Gasteiger partial charge in [0.2, 0.25) is 5.91 Å². The Morgan fingerprint density at radius 1 is 0.811 bits per heavy atom. The number of methoxy groups -OCH3 is 2. The van der Waals surface area contributed by atoms with E-state index in [1.807, 2.05) is 68.4 Å². The molecule has 7 heteroatoms. The van der Waals surface area contributed by atoms with Crippen molar-refractivity contribution in [3.05, 3.63) is 90.0 Å². The number of rotatable bonds is 13. The first-order chi connectivity index (χ1) is 17.9. The van der Waals surface area contributed by atoms with Crippen LogP contribution in [0.25, 0.3) is 0 Å². The van der Waals surface area contributed by atoms with Crippen LogP contribution in [0.5, 0.6) is 17.2 Å². The van der Waals surface area contributed by atoms with Gasteiger partial charge in [0.15, 0.2) is 6.61 Å². The lowest BCUT2D eigenvalue weighted by Crippen LogP contribution is -2.52. The fourth-order valence-corrected chi connectivity index (χ4v) is 3.84. The van der Waals surface area contributed by atoms with Crippen LogP contribution in [-0.2, 0) is 22.6 Å². The van der Waals surface area contributed by atoms with Crippen LogP contribution in [0, 0.1) is 5.92 Å². The first kappa shape index (κ1) is 27.6. The van der Waals surface area contributed by atoms with Crippen LogP contribution in [0.4, 0.5) is 0 Å². The van der Waals surface area contributed by atoms with E-state index in [1.165, 1.54) is 0 Å². The number of ether oxygens (including phenoxy) is 3. The van der Waals surface area contributed by atoms with Gasteiger partial charge < -0.3 is 24.4 Å². The summed E-state index contributed by atoms with van der Waals surface area (Å²) in [5.41, 5.74) is 1.82. The van der Waals surface area contributed by atoms with Gasteiger partial charge in [-0.2, -0.15) is 0 Å².